The van der Waals surface area contributed by atoms with Gasteiger partial charge in [0.1, 0.15) is 18.3 Å². The van der Waals surface area contributed by atoms with Crippen molar-refractivity contribution in [3.05, 3.63) is 88.9 Å². The summed E-state index contributed by atoms with van der Waals surface area (Å²) in [4.78, 5) is 28.9. The van der Waals surface area contributed by atoms with Crippen LogP contribution in [0.4, 0.5) is 5.69 Å². The van der Waals surface area contributed by atoms with Crippen molar-refractivity contribution in [2.45, 2.75) is 63.1 Å². The molecule has 1 unspecified atom stereocenters. The standard InChI is InChI=1S/C31H36ClN3O5S/c1-22-14-16-29(17-15-22)41(38,39)35(27-12-7-9-25(32)19-27)21-30(36)34(20-24-8-6-13-28(18-24)40-3)23(2)31(37)33-26-10-4-5-11-26/h6-9,12-19,23,26H,4-5,10-11,20-21H2,1-3H3,(H,33,37). The third-order valence-electron chi connectivity index (χ3n) is 7.34. The number of hydrogen-bond acceptors (Lipinski definition) is 5. The summed E-state index contributed by atoms with van der Waals surface area (Å²) in [5, 5.41) is 3.40. The van der Waals surface area contributed by atoms with Crippen LogP contribution in [0.25, 0.3) is 0 Å². The highest BCUT2D eigenvalue weighted by molar-refractivity contribution is 7.92. The number of nitrogens with one attached hydrogen (secondary N) is 1. The van der Waals surface area contributed by atoms with Gasteiger partial charge in [-0.05, 0) is 74.7 Å². The van der Waals surface area contributed by atoms with Crippen molar-refractivity contribution in [1.29, 1.82) is 0 Å². The van der Waals surface area contributed by atoms with Crippen LogP contribution in [0.5, 0.6) is 5.75 Å². The minimum atomic E-state index is -4.16. The van der Waals surface area contributed by atoms with E-state index in [1.54, 1.807) is 62.6 Å². The fraction of sp³-hybridized carbons (Fsp3) is 0.355. The normalized spacial score (nSPS) is 14.3. The quantitative estimate of drug-likeness (QED) is 0.322. The maximum absolute atomic E-state index is 14.1. The van der Waals surface area contributed by atoms with Crippen molar-refractivity contribution in [3.8, 4) is 5.75 Å². The van der Waals surface area contributed by atoms with Crippen LogP contribution >= 0.6 is 11.6 Å². The minimum absolute atomic E-state index is 0.0437. The molecular formula is C31H36ClN3O5S. The van der Waals surface area contributed by atoms with Gasteiger partial charge < -0.3 is 15.0 Å². The molecule has 0 radical (unpaired) electrons. The molecule has 1 saturated carbocycles. The molecule has 0 aliphatic heterocycles. The van der Waals surface area contributed by atoms with E-state index in [9.17, 15) is 18.0 Å². The lowest BCUT2D eigenvalue weighted by molar-refractivity contribution is -0.139. The van der Waals surface area contributed by atoms with E-state index >= 15 is 0 Å². The lowest BCUT2D eigenvalue weighted by Crippen LogP contribution is -2.52. The highest BCUT2D eigenvalue weighted by Gasteiger charge is 2.33. The summed E-state index contributed by atoms with van der Waals surface area (Å²) < 4.78 is 34.2. The van der Waals surface area contributed by atoms with Crippen LogP contribution in [-0.4, -0.2) is 50.9 Å². The Bertz CT molecular complexity index is 1470. The molecule has 1 aliphatic carbocycles. The zero-order valence-corrected chi connectivity index (χ0v) is 25.1. The molecule has 0 bridgehead atoms. The molecule has 10 heteroatoms. The van der Waals surface area contributed by atoms with Crippen molar-refractivity contribution in [2.75, 3.05) is 18.0 Å². The molecule has 2 amide bonds. The van der Waals surface area contributed by atoms with Gasteiger partial charge >= 0.3 is 0 Å². The first-order valence-electron chi connectivity index (χ1n) is 13.7. The first-order valence-corrected chi connectivity index (χ1v) is 15.5. The maximum Gasteiger partial charge on any atom is 0.264 e. The number of sulfonamides is 1. The summed E-state index contributed by atoms with van der Waals surface area (Å²) >= 11 is 6.23. The van der Waals surface area contributed by atoms with E-state index in [0.717, 1.165) is 41.1 Å². The molecule has 3 aromatic rings. The van der Waals surface area contributed by atoms with E-state index in [0.29, 0.717) is 10.8 Å². The van der Waals surface area contributed by atoms with Crippen LogP contribution in [-0.2, 0) is 26.2 Å². The van der Waals surface area contributed by atoms with E-state index in [2.05, 4.69) is 5.32 Å². The molecule has 218 valence electrons. The molecule has 8 nitrogen and oxygen atoms in total. The van der Waals surface area contributed by atoms with Gasteiger partial charge in [0.05, 0.1) is 17.7 Å². The highest BCUT2D eigenvalue weighted by atomic mass is 35.5. The van der Waals surface area contributed by atoms with Crippen LogP contribution in [0, 0.1) is 6.92 Å². The van der Waals surface area contributed by atoms with Gasteiger partial charge in [-0.1, -0.05) is 60.3 Å². The van der Waals surface area contributed by atoms with Gasteiger partial charge in [0.15, 0.2) is 0 Å². The summed E-state index contributed by atoms with van der Waals surface area (Å²) in [5.41, 5.74) is 1.89. The van der Waals surface area contributed by atoms with E-state index < -0.39 is 28.5 Å². The average Bonchev–Trinajstić information content (AvgIpc) is 3.47. The SMILES string of the molecule is COc1cccc(CN(C(=O)CN(c2cccc(Cl)c2)S(=O)(=O)c2ccc(C)cc2)C(C)C(=O)NC2CCCC2)c1. The summed E-state index contributed by atoms with van der Waals surface area (Å²) in [6.45, 7) is 3.09. The number of carbonyl (C=O) groups is 2. The first-order chi connectivity index (χ1) is 19.6. The highest BCUT2D eigenvalue weighted by Crippen LogP contribution is 2.27. The largest absolute Gasteiger partial charge is 0.497 e. The van der Waals surface area contributed by atoms with Gasteiger partial charge in [-0.25, -0.2) is 8.42 Å². The van der Waals surface area contributed by atoms with Gasteiger partial charge in [-0.2, -0.15) is 0 Å². The van der Waals surface area contributed by atoms with Crippen LogP contribution in [0.1, 0.15) is 43.7 Å². The van der Waals surface area contributed by atoms with Crippen LogP contribution in [0.2, 0.25) is 5.02 Å². The van der Waals surface area contributed by atoms with Crippen LogP contribution in [0.15, 0.2) is 77.7 Å². The Morgan fingerprint density at radius 3 is 2.37 bits per heavy atom. The molecule has 0 aromatic heterocycles. The second kappa shape index (κ2) is 13.4. The second-order valence-electron chi connectivity index (χ2n) is 10.3. The van der Waals surface area contributed by atoms with Crippen molar-refractivity contribution in [1.82, 2.24) is 10.2 Å². The summed E-state index contributed by atoms with van der Waals surface area (Å²) in [5.74, 6) is -0.193. The summed E-state index contributed by atoms with van der Waals surface area (Å²) in [6.07, 6.45) is 3.91. The fourth-order valence-electron chi connectivity index (χ4n) is 4.94. The number of nitrogens with zero attached hydrogens (tertiary/aromatic N) is 2. The minimum Gasteiger partial charge on any atom is -0.497 e. The maximum atomic E-state index is 14.1. The molecule has 0 heterocycles. The second-order valence-corrected chi connectivity index (χ2v) is 12.6. The average molecular weight is 598 g/mol. The number of carbonyl (C=O) groups excluding carboxylic acids is 2. The molecule has 0 saturated heterocycles. The monoisotopic (exact) mass is 597 g/mol. The Morgan fingerprint density at radius 2 is 1.71 bits per heavy atom. The molecule has 1 atom stereocenters. The number of benzene rings is 3. The molecular weight excluding hydrogens is 562 g/mol. The van der Waals surface area contributed by atoms with Gasteiger partial charge in [0, 0.05) is 17.6 Å². The van der Waals surface area contributed by atoms with Gasteiger partial charge in [0.2, 0.25) is 11.8 Å². The summed E-state index contributed by atoms with van der Waals surface area (Å²) in [7, 11) is -2.60. The van der Waals surface area contributed by atoms with Gasteiger partial charge in [0.25, 0.3) is 10.0 Å². The van der Waals surface area contributed by atoms with Crippen molar-refractivity contribution in [3.63, 3.8) is 0 Å². The molecule has 1 aliphatic rings. The lowest BCUT2D eigenvalue weighted by atomic mass is 10.1. The smallest absolute Gasteiger partial charge is 0.264 e. The topological polar surface area (TPSA) is 96.0 Å². The Hall–Kier alpha value is -3.56. The lowest BCUT2D eigenvalue weighted by Gasteiger charge is -2.32. The Kier molecular flexibility index (Phi) is 9.94. The molecule has 3 aromatic carbocycles. The van der Waals surface area contributed by atoms with E-state index in [1.807, 2.05) is 13.0 Å². The van der Waals surface area contributed by atoms with E-state index in [1.165, 1.54) is 23.1 Å². The third kappa shape index (κ3) is 7.59. The predicted octanol–water partition coefficient (Wildman–Crippen LogP) is 5.33. The predicted molar refractivity (Wildman–Crippen MR) is 161 cm³/mol. The number of halogens is 1. The van der Waals surface area contributed by atoms with Crippen LogP contribution in [0.3, 0.4) is 0 Å². The first kappa shape index (κ1) is 30.4. The molecule has 4 rings (SSSR count). The molecule has 1 N–H and O–H groups in total. The molecule has 0 spiro atoms. The van der Waals surface area contributed by atoms with Crippen LogP contribution < -0.4 is 14.4 Å². The van der Waals surface area contributed by atoms with Crippen molar-refractivity contribution in [2.24, 2.45) is 0 Å². The number of aryl methyl sites for hydroxylation is 1. The van der Waals surface area contributed by atoms with Crippen molar-refractivity contribution < 1.29 is 22.7 Å². The number of methoxy groups -OCH3 is 1. The van der Waals surface area contributed by atoms with Gasteiger partial charge in [-0.3, -0.25) is 13.9 Å². The van der Waals surface area contributed by atoms with Gasteiger partial charge in [-0.15, -0.1) is 0 Å². The van der Waals surface area contributed by atoms with E-state index in [-0.39, 0.29) is 29.1 Å². The number of rotatable bonds is 11. The molecule has 41 heavy (non-hydrogen) atoms. The third-order valence-corrected chi connectivity index (χ3v) is 9.36. The molecule has 1 fully saturated rings. The van der Waals surface area contributed by atoms with Crippen molar-refractivity contribution >= 4 is 39.1 Å². The zero-order valence-electron chi connectivity index (χ0n) is 23.5. The number of hydrogen-bond donors (Lipinski definition) is 1. The number of ether oxygens (including phenoxy) is 1. The Labute approximate surface area is 247 Å². The number of amides is 2. The zero-order chi connectivity index (χ0) is 29.6. The number of anilines is 1. The summed E-state index contributed by atoms with van der Waals surface area (Å²) in [6, 6.07) is 19.2. The Morgan fingerprint density at radius 1 is 1.02 bits per heavy atom. The fourth-order valence-corrected chi connectivity index (χ4v) is 6.53. The van der Waals surface area contributed by atoms with E-state index in [4.69, 9.17) is 16.3 Å². The Balaban J connectivity index is 1.69.